The van der Waals surface area contributed by atoms with Gasteiger partial charge in [-0.2, -0.15) is 0 Å². The van der Waals surface area contributed by atoms with Gasteiger partial charge >= 0.3 is 0 Å². The van der Waals surface area contributed by atoms with Crippen LogP contribution in [0.5, 0.6) is 0 Å². The minimum Gasteiger partial charge on any atom is -0.294 e. The third-order valence-electron chi connectivity index (χ3n) is 2.81. The Hall–Kier alpha value is -0.0151. The summed E-state index contributed by atoms with van der Waals surface area (Å²) in [5.41, 5.74) is -0.299. The summed E-state index contributed by atoms with van der Waals surface area (Å²) in [7, 11) is 6.30. The molecule has 0 fully saturated rings. The summed E-state index contributed by atoms with van der Waals surface area (Å²) in [5, 5.41) is 0. The quantitative estimate of drug-likeness (QED) is 0.453. The van der Waals surface area contributed by atoms with E-state index in [2.05, 4.69) is 44.4 Å². The first-order valence-electron chi connectivity index (χ1n) is 5.33. The number of hydrogen-bond donors (Lipinski definition) is 0. The molecule has 0 rings (SSSR count). The van der Waals surface area contributed by atoms with Gasteiger partial charge < -0.3 is 0 Å². The van der Waals surface area contributed by atoms with Gasteiger partial charge in [0.2, 0.25) is 0 Å². The predicted octanol–water partition coefficient (Wildman–Crippen LogP) is 1.51. The van der Waals surface area contributed by atoms with Gasteiger partial charge in [-0.05, 0) is 33.1 Å². The Bertz CT molecular complexity index is 115. The van der Waals surface area contributed by atoms with Crippen molar-refractivity contribution < 1.29 is 0 Å². The summed E-state index contributed by atoms with van der Waals surface area (Å²) >= 11 is 0. The predicted molar refractivity (Wildman–Crippen MR) is 60.0 cm³/mol. The zero-order chi connectivity index (χ0) is 10.5. The molecule has 0 unspecified atom stereocenters. The molecule has 0 aliphatic carbocycles. The van der Waals surface area contributed by atoms with Crippen LogP contribution in [0.2, 0.25) is 0 Å². The summed E-state index contributed by atoms with van der Waals surface area (Å²) in [6.07, 6.45) is 0. The Labute approximate surface area is 84.7 Å². The van der Waals surface area contributed by atoms with Crippen LogP contribution in [0.15, 0.2) is 0 Å². The molecule has 0 N–H and O–H groups in total. The van der Waals surface area contributed by atoms with Crippen molar-refractivity contribution >= 4 is 7.85 Å². The molecular weight excluding hydrogens is 159 g/mol. The fourth-order valence-electron chi connectivity index (χ4n) is 1.93. The highest BCUT2D eigenvalue weighted by atomic mass is 15.4. The van der Waals surface area contributed by atoms with Gasteiger partial charge in [-0.3, -0.25) is 9.80 Å². The monoisotopic (exact) mass is 182 g/mol. The van der Waals surface area contributed by atoms with E-state index in [9.17, 15) is 0 Å². The Morgan fingerprint density at radius 3 is 1.23 bits per heavy atom. The van der Waals surface area contributed by atoms with Gasteiger partial charge in [0.25, 0.3) is 0 Å². The molecule has 13 heavy (non-hydrogen) atoms. The summed E-state index contributed by atoms with van der Waals surface area (Å²) in [6.45, 7) is 14.7. The Balaban J connectivity index is 4.48. The van der Waals surface area contributed by atoms with Gasteiger partial charge in [-0.15, -0.1) is 0 Å². The molecule has 0 saturated heterocycles. The van der Waals surface area contributed by atoms with Crippen LogP contribution in [0.1, 0.15) is 34.6 Å². The second kappa shape index (κ2) is 5.66. The van der Waals surface area contributed by atoms with Crippen LogP contribution in [-0.2, 0) is 0 Å². The summed E-state index contributed by atoms with van der Waals surface area (Å²) in [6, 6.07) is 0. The standard InChI is InChI=1S/C10H23BN2/c1-6-12(7-2)10(5,11)13(8-3)9-4/h6-9H2,1-5H3. The molecule has 0 aromatic heterocycles. The molecule has 0 atom stereocenters. The van der Waals surface area contributed by atoms with Crippen molar-refractivity contribution in [1.29, 1.82) is 0 Å². The topological polar surface area (TPSA) is 6.48 Å². The highest BCUT2D eigenvalue weighted by Gasteiger charge is 2.28. The SMILES string of the molecule is [B]C(C)(N(CC)CC)N(CC)CC. The van der Waals surface area contributed by atoms with Crippen LogP contribution in [0.4, 0.5) is 0 Å². The van der Waals surface area contributed by atoms with E-state index in [1.54, 1.807) is 0 Å². The molecule has 0 amide bonds. The molecule has 3 heteroatoms. The van der Waals surface area contributed by atoms with E-state index in [-0.39, 0.29) is 5.56 Å². The highest BCUT2D eigenvalue weighted by molar-refractivity contribution is 6.14. The average molecular weight is 182 g/mol. The molecule has 0 aromatic rings. The van der Waals surface area contributed by atoms with Gasteiger partial charge in [-0.1, -0.05) is 27.7 Å². The van der Waals surface area contributed by atoms with Crippen molar-refractivity contribution in [1.82, 2.24) is 9.80 Å². The highest BCUT2D eigenvalue weighted by Crippen LogP contribution is 2.15. The van der Waals surface area contributed by atoms with Crippen molar-refractivity contribution in [2.24, 2.45) is 0 Å². The van der Waals surface area contributed by atoms with Crippen molar-refractivity contribution in [2.45, 2.75) is 40.2 Å². The smallest absolute Gasteiger partial charge is 0.117 e. The molecule has 0 bridgehead atoms. The lowest BCUT2D eigenvalue weighted by Crippen LogP contribution is -2.59. The van der Waals surface area contributed by atoms with E-state index in [1.807, 2.05) is 0 Å². The zero-order valence-corrected chi connectivity index (χ0v) is 9.80. The van der Waals surface area contributed by atoms with Crippen molar-refractivity contribution in [3.8, 4) is 0 Å². The molecule has 0 spiro atoms. The summed E-state index contributed by atoms with van der Waals surface area (Å²) < 4.78 is 0. The normalized spacial score (nSPS) is 12.8. The molecular formula is C10H23BN2. The van der Waals surface area contributed by atoms with Crippen molar-refractivity contribution in [2.75, 3.05) is 26.2 Å². The van der Waals surface area contributed by atoms with E-state index in [1.165, 1.54) is 0 Å². The molecule has 0 saturated carbocycles. The molecule has 76 valence electrons. The molecule has 0 aromatic carbocycles. The number of hydrogen-bond acceptors (Lipinski definition) is 2. The lowest BCUT2D eigenvalue weighted by Gasteiger charge is -2.46. The summed E-state index contributed by atoms with van der Waals surface area (Å²) in [5.74, 6) is 0. The van der Waals surface area contributed by atoms with E-state index in [4.69, 9.17) is 7.85 Å². The van der Waals surface area contributed by atoms with Gasteiger partial charge in [0, 0.05) is 5.56 Å². The van der Waals surface area contributed by atoms with E-state index in [0.29, 0.717) is 0 Å². The first-order chi connectivity index (χ1) is 6.04. The van der Waals surface area contributed by atoms with Gasteiger partial charge in [-0.25, -0.2) is 0 Å². The molecule has 2 nitrogen and oxygen atoms in total. The Morgan fingerprint density at radius 1 is 0.846 bits per heavy atom. The van der Waals surface area contributed by atoms with Gasteiger partial charge in [0.05, 0.1) is 0 Å². The molecule has 0 heterocycles. The van der Waals surface area contributed by atoms with Crippen LogP contribution < -0.4 is 0 Å². The largest absolute Gasteiger partial charge is 0.294 e. The summed E-state index contributed by atoms with van der Waals surface area (Å²) in [4.78, 5) is 4.56. The minimum atomic E-state index is -0.299. The first kappa shape index (κ1) is 13.0. The molecule has 0 aliphatic heterocycles. The van der Waals surface area contributed by atoms with Gasteiger partial charge in [0.15, 0.2) is 0 Å². The van der Waals surface area contributed by atoms with E-state index in [0.717, 1.165) is 26.2 Å². The third-order valence-corrected chi connectivity index (χ3v) is 2.81. The fourth-order valence-corrected chi connectivity index (χ4v) is 1.93. The average Bonchev–Trinajstić information content (AvgIpc) is 2.07. The maximum absolute atomic E-state index is 6.30. The van der Waals surface area contributed by atoms with Crippen LogP contribution in [0.3, 0.4) is 0 Å². The van der Waals surface area contributed by atoms with Crippen LogP contribution in [0, 0.1) is 0 Å². The minimum absolute atomic E-state index is 0.299. The Morgan fingerprint density at radius 2 is 1.08 bits per heavy atom. The van der Waals surface area contributed by atoms with Crippen LogP contribution in [0.25, 0.3) is 0 Å². The van der Waals surface area contributed by atoms with E-state index < -0.39 is 0 Å². The van der Waals surface area contributed by atoms with Crippen LogP contribution >= 0.6 is 0 Å². The zero-order valence-electron chi connectivity index (χ0n) is 9.80. The Kier molecular flexibility index (Phi) is 5.65. The second-order valence-corrected chi connectivity index (χ2v) is 3.44. The third kappa shape index (κ3) is 2.99. The van der Waals surface area contributed by atoms with Crippen LogP contribution in [-0.4, -0.2) is 49.4 Å². The second-order valence-electron chi connectivity index (χ2n) is 3.44. The fraction of sp³-hybridized carbons (Fsp3) is 1.00. The molecule has 0 aliphatic rings. The van der Waals surface area contributed by atoms with Crippen molar-refractivity contribution in [3.05, 3.63) is 0 Å². The molecule has 2 radical (unpaired) electrons. The van der Waals surface area contributed by atoms with Crippen molar-refractivity contribution in [3.63, 3.8) is 0 Å². The lowest BCUT2D eigenvalue weighted by molar-refractivity contribution is 0.0333. The number of nitrogens with zero attached hydrogens (tertiary/aromatic N) is 2. The number of rotatable bonds is 6. The lowest BCUT2D eigenvalue weighted by atomic mass is 9.85. The van der Waals surface area contributed by atoms with Gasteiger partial charge in [0.1, 0.15) is 7.85 Å². The maximum atomic E-state index is 6.30. The maximum Gasteiger partial charge on any atom is 0.117 e. The first-order valence-corrected chi connectivity index (χ1v) is 5.33. The van der Waals surface area contributed by atoms with E-state index >= 15 is 0 Å².